The van der Waals surface area contributed by atoms with Crippen molar-refractivity contribution in [3.63, 3.8) is 0 Å². The Hall–Kier alpha value is -3.09. The number of rotatable bonds is 7. The van der Waals surface area contributed by atoms with Gasteiger partial charge in [-0.05, 0) is 41.3 Å². The summed E-state index contributed by atoms with van der Waals surface area (Å²) in [5.41, 5.74) is 8.86. The van der Waals surface area contributed by atoms with Gasteiger partial charge in [-0.15, -0.1) is 0 Å². The van der Waals surface area contributed by atoms with Gasteiger partial charge >= 0.3 is 0 Å². The number of amides is 1. The zero-order chi connectivity index (χ0) is 23.2. The number of halogens is 2. The van der Waals surface area contributed by atoms with E-state index in [4.69, 9.17) is 5.73 Å². The Morgan fingerprint density at radius 1 is 0.939 bits per heavy atom. The molecule has 0 spiro atoms. The van der Waals surface area contributed by atoms with Gasteiger partial charge in [0, 0.05) is 38.6 Å². The quantitative estimate of drug-likeness (QED) is 0.585. The van der Waals surface area contributed by atoms with Crippen molar-refractivity contribution < 1.29 is 13.6 Å². The second-order valence-corrected chi connectivity index (χ2v) is 8.63. The fraction of sp³-hybridized carbons (Fsp3) is 0.296. The zero-order valence-electron chi connectivity index (χ0n) is 18.5. The van der Waals surface area contributed by atoms with Crippen LogP contribution in [0.5, 0.6) is 0 Å². The fourth-order valence-electron chi connectivity index (χ4n) is 4.45. The van der Waals surface area contributed by atoms with E-state index in [0.29, 0.717) is 25.1 Å². The van der Waals surface area contributed by atoms with Crippen LogP contribution in [0.3, 0.4) is 0 Å². The van der Waals surface area contributed by atoms with E-state index in [0.717, 1.165) is 18.7 Å². The van der Waals surface area contributed by atoms with E-state index in [1.54, 1.807) is 30.3 Å². The molecule has 0 saturated carbocycles. The largest absolute Gasteiger partial charge is 0.333 e. The summed E-state index contributed by atoms with van der Waals surface area (Å²) in [4.78, 5) is 17.4. The van der Waals surface area contributed by atoms with E-state index in [1.165, 1.54) is 23.8 Å². The van der Waals surface area contributed by atoms with Crippen LogP contribution in [0.2, 0.25) is 0 Å². The maximum atomic E-state index is 14.0. The predicted molar refractivity (Wildman–Crippen MR) is 125 cm³/mol. The van der Waals surface area contributed by atoms with Crippen molar-refractivity contribution in [3.8, 4) is 0 Å². The molecule has 172 valence electrons. The van der Waals surface area contributed by atoms with Crippen molar-refractivity contribution in [2.24, 2.45) is 5.73 Å². The van der Waals surface area contributed by atoms with E-state index in [2.05, 4.69) is 17.0 Å². The highest BCUT2D eigenvalue weighted by Crippen LogP contribution is 2.28. The Morgan fingerprint density at radius 2 is 1.64 bits per heavy atom. The second-order valence-electron chi connectivity index (χ2n) is 8.63. The van der Waals surface area contributed by atoms with Crippen molar-refractivity contribution >= 4 is 5.91 Å². The Bertz CT molecular complexity index is 1060. The summed E-state index contributed by atoms with van der Waals surface area (Å²) in [7, 11) is 0. The molecule has 2 atom stereocenters. The van der Waals surface area contributed by atoms with Gasteiger partial charge < -0.3 is 10.6 Å². The molecular formula is C27H29F2N3O. The first kappa shape index (κ1) is 23.1. The molecule has 33 heavy (non-hydrogen) atoms. The maximum Gasteiger partial charge on any atom is 0.224 e. The van der Waals surface area contributed by atoms with Crippen molar-refractivity contribution in [2.75, 3.05) is 19.6 Å². The van der Waals surface area contributed by atoms with Crippen LogP contribution >= 0.6 is 0 Å². The topological polar surface area (TPSA) is 49.6 Å². The van der Waals surface area contributed by atoms with E-state index in [1.807, 2.05) is 23.1 Å². The minimum absolute atomic E-state index is 0.0625. The number of carbonyl (C=O) groups is 1. The first-order valence-electron chi connectivity index (χ1n) is 11.3. The predicted octanol–water partition coefficient (Wildman–Crippen LogP) is 4.31. The first-order chi connectivity index (χ1) is 16.0. The molecule has 0 unspecified atom stereocenters. The van der Waals surface area contributed by atoms with E-state index in [9.17, 15) is 13.6 Å². The highest BCUT2D eigenvalue weighted by Gasteiger charge is 2.32. The lowest BCUT2D eigenvalue weighted by molar-refractivity contribution is -0.136. The van der Waals surface area contributed by atoms with Crippen molar-refractivity contribution in [1.82, 2.24) is 9.80 Å². The SMILES string of the molecule is N[C@@H](CC(=O)N1CCN(Cc2ccccc2)C[C@H]1c1ccc(F)cc1)Cc1ccccc1F. The van der Waals surface area contributed by atoms with E-state index < -0.39 is 6.04 Å². The van der Waals surface area contributed by atoms with E-state index >= 15 is 0 Å². The summed E-state index contributed by atoms with van der Waals surface area (Å²) in [6.45, 7) is 2.73. The molecule has 6 heteroatoms. The maximum absolute atomic E-state index is 14.0. The van der Waals surface area contributed by atoms with Crippen LogP contribution in [-0.2, 0) is 17.8 Å². The van der Waals surface area contributed by atoms with Gasteiger partial charge in [0.1, 0.15) is 11.6 Å². The molecule has 0 radical (unpaired) electrons. The number of hydrogen-bond donors (Lipinski definition) is 1. The number of nitrogens with zero attached hydrogens (tertiary/aromatic N) is 2. The van der Waals surface area contributed by atoms with Gasteiger partial charge in [0.15, 0.2) is 0 Å². The number of benzene rings is 3. The van der Waals surface area contributed by atoms with Gasteiger partial charge in [0.05, 0.1) is 6.04 Å². The average molecular weight is 450 g/mol. The minimum atomic E-state index is -0.481. The summed E-state index contributed by atoms with van der Waals surface area (Å²) in [6, 6.07) is 22.4. The highest BCUT2D eigenvalue weighted by atomic mass is 19.1. The van der Waals surface area contributed by atoms with Gasteiger partial charge in [-0.1, -0.05) is 60.7 Å². The Labute approximate surface area is 193 Å². The Kier molecular flexibility index (Phi) is 7.47. The standard InChI is InChI=1S/C27H29F2N3O/c28-23-12-10-21(11-13-23)26-19-31(18-20-6-2-1-3-7-20)14-15-32(26)27(33)17-24(30)16-22-8-4-5-9-25(22)29/h1-13,24,26H,14-19,30H2/t24-,26+/m1/s1. The summed E-state index contributed by atoms with van der Waals surface area (Å²) < 4.78 is 27.5. The molecule has 2 N–H and O–H groups in total. The highest BCUT2D eigenvalue weighted by molar-refractivity contribution is 5.77. The third-order valence-corrected chi connectivity index (χ3v) is 6.17. The smallest absolute Gasteiger partial charge is 0.224 e. The Morgan fingerprint density at radius 3 is 2.36 bits per heavy atom. The molecule has 1 aliphatic heterocycles. The molecular weight excluding hydrogens is 420 g/mol. The first-order valence-corrected chi connectivity index (χ1v) is 11.3. The van der Waals surface area contributed by atoms with Crippen LogP contribution in [0.1, 0.15) is 29.2 Å². The molecule has 0 aliphatic carbocycles. The summed E-state index contributed by atoms with van der Waals surface area (Å²) >= 11 is 0. The van der Waals surface area contributed by atoms with Crippen molar-refractivity contribution in [3.05, 3.63) is 107 Å². The molecule has 1 aliphatic rings. The number of hydrogen-bond acceptors (Lipinski definition) is 3. The van der Waals surface area contributed by atoms with Crippen LogP contribution in [0.4, 0.5) is 8.78 Å². The van der Waals surface area contributed by atoms with Gasteiger partial charge in [-0.2, -0.15) is 0 Å². The Balaban J connectivity index is 1.47. The normalized spacial score (nSPS) is 17.7. The molecule has 3 aromatic rings. The monoisotopic (exact) mass is 449 g/mol. The number of piperazine rings is 1. The van der Waals surface area contributed by atoms with Crippen molar-refractivity contribution in [1.29, 1.82) is 0 Å². The summed E-state index contributed by atoms with van der Waals surface area (Å²) in [5.74, 6) is -0.674. The molecule has 3 aromatic carbocycles. The third kappa shape index (κ3) is 6.03. The van der Waals surface area contributed by atoms with Crippen LogP contribution in [-0.4, -0.2) is 41.4 Å². The molecule has 1 amide bonds. The van der Waals surface area contributed by atoms with Crippen LogP contribution in [0, 0.1) is 11.6 Å². The van der Waals surface area contributed by atoms with Gasteiger partial charge in [-0.3, -0.25) is 9.69 Å². The number of nitrogens with two attached hydrogens (primary N) is 1. The number of carbonyl (C=O) groups excluding carboxylic acids is 1. The lowest BCUT2D eigenvalue weighted by atomic mass is 9.99. The molecule has 1 fully saturated rings. The molecule has 1 heterocycles. The molecule has 4 nitrogen and oxygen atoms in total. The third-order valence-electron chi connectivity index (χ3n) is 6.17. The zero-order valence-corrected chi connectivity index (χ0v) is 18.5. The molecule has 0 aromatic heterocycles. The van der Waals surface area contributed by atoms with Gasteiger partial charge in [0.2, 0.25) is 5.91 Å². The van der Waals surface area contributed by atoms with E-state index in [-0.39, 0.29) is 30.0 Å². The lowest BCUT2D eigenvalue weighted by Gasteiger charge is -2.42. The second kappa shape index (κ2) is 10.7. The van der Waals surface area contributed by atoms with Crippen LogP contribution in [0.15, 0.2) is 78.9 Å². The van der Waals surface area contributed by atoms with Crippen LogP contribution in [0.25, 0.3) is 0 Å². The summed E-state index contributed by atoms with van der Waals surface area (Å²) in [5, 5.41) is 0. The fourth-order valence-corrected chi connectivity index (χ4v) is 4.45. The van der Waals surface area contributed by atoms with Gasteiger partial charge in [0.25, 0.3) is 0 Å². The van der Waals surface area contributed by atoms with Crippen molar-refractivity contribution in [2.45, 2.75) is 31.5 Å². The molecule has 0 bridgehead atoms. The van der Waals surface area contributed by atoms with Crippen LogP contribution < -0.4 is 5.73 Å². The minimum Gasteiger partial charge on any atom is -0.333 e. The summed E-state index contributed by atoms with van der Waals surface area (Å²) in [6.07, 6.45) is 0.429. The van der Waals surface area contributed by atoms with Gasteiger partial charge in [-0.25, -0.2) is 8.78 Å². The molecule has 1 saturated heterocycles. The molecule has 4 rings (SSSR count). The average Bonchev–Trinajstić information content (AvgIpc) is 2.81. The lowest BCUT2D eigenvalue weighted by Crippen LogP contribution is -2.51.